The van der Waals surface area contributed by atoms with E-state index in [0.29, 0.717) is 4.31 Å². The number of carbonyl (C=O) groups is 2. The van der Waals surface area contributed by atoms with Gasteiger partial charge in [0.25, 0.3) is 0 Å². The van der Waals surface area contributed by atoms with Crippen LogP contribution in [0.5, 0.6) is 0 Å². The quantitative estimate of drug-likeness (QED) is 0.715. The van der Waals surface area contributed by atoms with Crippen molar-refractivity contribution in [2.75, 3.05) is 13.1 Å². The molecule has 0 saturated heterocycles. The summed E-state index contributed by atoms with van der Waals surface area (Å²) in [4.78, 5) is 24.9. The molecule has 1 rings (SSSR count). The Balaban J connectivity index is 3.12. The molecule has 0 aromatic carbocycles. The van der Waals surface area contributed by atoms with Gasteiger partial charge in [-0.2, -0.15) is 4.31 Å². The highest BCUT2D eigenvalue weighted by molar-refractivity contribution is 7.89. The first kappa shape index (κ1) is 18.0. The lowest BCUT2D eigenvalue weighted by Crippen LogP contribution is -2.46. The molecule has 2 N–H and O–H groups in total. The monoisotopic (exact) mass is 333 g/mol. The van der Waals surface area contributed by atoms with Gasteiger partial charge in [-0.25, -0.2) is 12.8 Å². The summed E-state index contributed by atoms with van der Waals surface area (Å²) in [5.74, 6) is -2.60. The number of halogens is 1. The lowest BCUT2D eigenvalue weighted by Gasteiger charge is -2.25. The molecule has 1 unspecified atom stereocenters. The molecule has 0 fully saturated rings. The zero-order valence-electron chi connectivity index (χ0n) is 12.0. The van der Waals surface area contributed by atoms with Gasteiger partial charge in [-0.3, -0.25) is 14.6 Å². The number of hydrogen-bond acceptors (Lipinski definition) is 5. The smallest absolute Gasteiger partial charge is 0.321 e. The molecule has 1 atom stereocenters. The molecular weight excluding hydrogens is 317 g/mol. The predicted molar refractivity (Wildman–Crippen MR) is 73.9 cm³/mol. The molecule has 1 aromatic heterocycles. The normalized spacial score (nSPS) is 12.9. The van der Waals surface area contributed by atoms with Gasteiger partial charge in [-0.1, -0.05) is 0 Å². The molecule has 10 heteroatoms. The summed E-state index contributed by atoms with van der Waals surface area (Å²) in [6.07, 6.45) is 1.76. The molecule has 0 aliphatic heterocycles. The third-order valence-electron chi connectivity index (χ3n) is 2.78. The number of carbonyl (C=O) groups excluding carboxylic acids is 1. The highest BCUT2D eigenvalue weighted by Crippen LogP contribution is 2.18. The Bertz CT molecular complexity index is 664. The van der Waals surface area contributed by atoms with Gasteiger partial charge in [0.05, 0.1) is 6.20 Å². The summed E-state index contributed by atoms with van der Waals surface area (Å²) in [7, 11) is -4.27. The molecular formula is C12H16FN3O5S. The van der Waals surface area contributed by atoms with Crippen LogP contribution in [0.25, 0.3) is 0 Å². The van der Waals surface area contributed by atoms with Gasteiger partial charge in [-0.15, -0.1) is 0 Å². The Hall–Kier alpha value is -2.07. The summed E-state index contributed by atoms with van der Waals surface area (Å²) < 4.78 is 38.7. The third-order valence-corrected chi connectivity index (χ3v) is 4.72. The summed E-state index contributed by atoms with van der Waals surface area (Å²) >= 11 is 0. The fraction of sp³-hybridized carbons (Fsp3) is 0.417. The zero-order chi connectivity index (χ0) is 16.9. The van der Waals surface area contributed by atoms with Crippen molar-refractivity contribution >= 4 is 21.9 Å². The van der Waals surface area contributed by atoms with Crippen molar-refractivity contribution in [2.24, 2.45) is 0 Å². The van der Waals surface area contributed by atoms with Crippen LogP contribution >= 0.6 is 0 Å². The van der Waals surface area contributed by atoms with Gasteiger partial charge in [0.1, 0.15) is 16.8 Å². The number of aromatic nitrogens is 1. The number of hydrogen-bond donors (Lipinski definition) is 2. The molecule has 0 aliphatic carbocycles. The fourth-order valence-electron chi connectivity index (χ4n) is 1.66. The maximum absolute atomic E-state index is 13.2. The van der Waals surface area contributed by atoms with Crippen molar-refractivity contribution in [3.05, 3.63) is 24.3 Å². The number of amides is 1. The van der Waals surface area contributed by atoms with Crippen LogP contribution in [0.4, 0.5) is 4.39 Å². The van der Waals surface area contributed by atoms with E-state index >= 15 is 0 Å². The number of nitrogens with zero attached hydrogens (tertiary/aromatic N) is 2. The maximum Gasteiger partial charge on any atom is 0.321 e. The first-order valence-electron chi connectivity index (χ1n) is 6.26. The SMILES string of the molecule is CC(=O)NCCN(C(C)C(=O)O)S(=O)(=O)c1cncc(F)c1. The van der Waals surface area contributed by atoms with E-state index in [-0.39, 0.29) is 19.0 Å². The third kappa shape index (κ3) is 4.46. The van der Waals surface area contributed by atoms with Crippen LogP contribution < -0.4 is 5.32 Å². The minimum atomic E-state index is -4.27. The number of rotatable bonds is 7. The lowest BCUT2D eigenvalue weighted by atomic mass is 10.3. The van der Waals surface area contributed by atoms with Crippen molar-refractivity contribution in [1.82, 2.24) is 14.6 Å². The van der Waals surface area contributed by atoms with E-state index in [1.807, 2.05) is 0 Å². The topological polar surface area (TPSA) is 117 Å². The number of carboxylic acids is 1. The average molecular weight is 333 g/mol. The first-order chi connectivity index (χ1) is 10.2. The minimum absolute atomic E-state index is 0.0745. The predicted octanol–water partition coefficient (Wildman–Crippen LogP) is -0.179. The molecule has 1 amide bonds. The van der Waals surface area contributed by atoms with Crippen molar-refractivity contribution in [2.45, 2.75) is 24.8 Å². The van der Waals surface area contributed by atoms with E-state index in [1.165, 1.54) is 13.8 Å². The van der Waals surface area contributed by atoms with Crippen molar-refractivity contribution < 1.29 is 27.5 Å². The van der Waals surface area contributed by atoms with Gasteiger partial charge in [-0.05, 0) is 13.0 Å². The second-order valence-electron chi connectivity index (χ2n) is 4.45. The molecule has 122 valence electrons. The lowest BCUT2D eigenvalue weighted by molar-refractivity contribution is -0.140. The standard InChI is InChI=1S/C12H16FN3O5S/c1-8(12(18)19)16(4-3-15-9(2)17)22(20,21)11-5-10(13)6-14-7-11/h5-8H,3-4H2,1-2H3,(H,15,17)(H,18,19). The van der Waals surface area contributed by atoms with E-state index in [0.717, 1.165) is 18.5 Å². The molecule has 0 spiro atoms. The van der Waals surface area contributed by atoms with Crippen molar-refractivity contribution in [3.63, 3.8) is 0 Å². The number of pyridine rings is 1. The van der Waals surface area contributed by atoms with Crippen LogP contribution in [0.1, 0.15) is 13.8 Å². The van der Waals surface area contributed by atoms with Gasteiger partial charge < -0.3 is 10.4 Å². The van der Waals surface area contributed by atoms with Crippen LogP contribution in [0.3, 0.4) is 0 Å². The number of sulfonamides is 1. The second-order valence-corrected chi connectivity index (χ2v) is 6.34. The van der Waals surface area contributed by atoms with Crippen LogP contribution in [-0.2, 0) is 19.6 Å². The van der Waals surface area contributed by atoms with E-state index < -0.39 is 32.7 Å². The largest absolute Gasteiger partial charge is 0.480 e. The average Bonchev–Trinajstić information content (AvgIpc) is 2.42. The maximum atomic E-state index is 13.2. The van der Waals surface area contributed by atoms with Crippen LogP contribution in [0, 0.1) is 5.82 Å². The van der Waals surface area contributed by atoms with Gasteiger partial charge in [0.15, 0.2) is 0 Å². The summed E-state index contributed by atoms with van der Waals surface area (Å²) in [5, 5.41) is 11.4. The van der Waals surface area contributed by atoms with E-state index in [2.05, 4.69) is 10.3 Å². The molecule has 1 heterocycles. The summed E-state index contributed by atoms with van der Waals surface area (Å²) in [6, 6.07) is -0.635. The van der Waals surface area contributed by atoms with Gasteiger partial charge >= 0.3 is 5.97 Å². The fourth-order valence-corrected chi connectivity index (χ4v) is 3.22. The van der Waals surface area contributed by atoms with Crippen LogP contribution in [0.15, 0.2) is 23.4 Å². The Morgan fingerprint density at radius 2 is 2.09 bits per heavy atom. The molecule has 1 aromatic rings. The van der Waals surface area contributed by atoms with Gasteiger partial charge in [0, 0.05) is 26.2 Å². The molecule has 0 bridgehead atoms. The van der Waals surface area contributed by atoms with Crippen LogP contribution in [0.2, 0.25) is 0 Å². The minimum Gasteiger partial charge on any atom is -0.480 e. The van der Waals surface area contributed by atoms with Crippen LogP contribution in [-0.4, -0.2) is 53.8 Å². The molecule has 8 nitrogen and oxygen atoms in total. The van der Waals surface area contributed by atoms with E-state index in [1.54, 1.807) is 0 Å². The zero-order valence-corrected chi connectivity index (χ0v) is 12.8. The Labute approximate surface area is 127 Å². The number of carboxylic acid groups (broad SMARTS) is 1. The molecule has 22 heavy (non-hydrogen) atoms. The summed E-state index contributed by atoms with van der Waals surface area (Å²) in [6.45, 7) is 2.08. The van der Waals surface area contributed by atoms with Gasteiger partial charge in [0.2, 0.25) is 15.9 Å². The summed E-state index contributed by atoms with van der Waals surface area (Å²) in [5.41, 5.74) is 0. The van der Waals surface area contributed by atoms with E-state index in [9.17, 15) is 22.4 Å². The molecule has 0 radical (unpaired) electrons. The van der Waals surface area contributed by atoms with Crippen molar-refractivity contribution in [1.29, 1.82) is 0 Å². The first-order valence-corrected chi connectivity index (χ1v) is 7.70. The Morgan fingerprint density at radius 3 is 2.59 bits per heavy atom. The van der Waals surface area contributed by atoms with Crippen molar-refractivity contribution in [3.8, 4) is 0 Å². The Morgan fingerprint density at radius 1 is 1.45 bits per heavy atom. The highest BCUT2D eigenvalue weighted by Gasteiger charge is 2.33. The highest BCUT2D eigenvalue weighted by atomic mass is 32.2. The number of nitrogens with one attached hydrogen (secondary N) is 1. The Kier molecular flexibility index (Phi) is 5.94. The molecule has 0 saturated carbocycles. The van der Waals surface area contributed by atoms with E-state index in [4.69, 9.17) is 5.11 Å². The second kappa shape index (κ2) is 7.27. The molecule has 0 aliphatic rings. The number of aliphatic carboxylic acids is 1.